The van der Waals surface area contributed by atoms with Crippen molar-refractivity contribution >= 4 is 0 Å². The van der Waals surface area contributed by atoms with Crippen LogP contribution in [0, 0.1) is 6.92 Å². The molecule has 19 heavy (non-hydrogen) atoms. The number of halogens is 3. The molecule has 6 heteroatoms. The average Bonchev–Trinajstić information content (AvgIpc) is 2.74. The van der Waals surface area contributed by atoms with Crippen molar-refractivity contribution < 1.29 is 13.2 Å². The highest BCUT2D eigenvalue weighted by molar-refractivity contribution is 5.38. The lowest BCUT2D eigenvalue weighted by Gasteiger charge is -2.14. The molecule has 1 aromatic carbocycles. The molecule has 0 saturated heterocycles. The van der Waals surface area contributed by atoms with Crippen LogP contribution < -0.4 is 5.73 Å². The highest BCUT2D eigenvalue weighted by atomic mass is 19.4. The summed E-state index contributed by atoms with van der Waals surface area (Å²) in [5.74, 6) is 0. The highest BCUT2D eigenvalue weighted by Crippen LogP contribution is 2.35. The fourth-order valence-corrected chi connectivity index (χ4v) is 1.86. The van der Waals surface area contributed by atoms with Crippen LogP contribution in [-0.2, 0) is 6.18 Å². The lowest BCUT2D eigenvalue weighted by atomic mass is 10.1. The molecule has 1 unspecified atom stereocenters. The molecule has 0 amide bonds. The quantitative estimate of drug-likeness (QED) is 0.909. The summed E-state index contributed by atoms with van der Waals surface area (Å²) in [5.41, 5.74) is 6.09. The fraction of sp³-hybridized carbons (Fsp3) is 0.308. The Morgan fingerprint density at radius 3 is 2.26 bits per heavy atom. The molecule has 0 spiro atoms. The van der Waals surface area contributed by atoms with Gasteiger partial charge in [0, 0.05) is 11.6 Å². The van der Waals surface area contributed by atoms with Gasteiger partial charge in [0.15, 0.2) is 5.69 Å². The Labute approximate surface area is 108 Å². The maximum Gasteiger partial charge on any atom is 0.433 e. The second kappa shape index (κ2) is 4.70. The van der Waals surface area contributed by atoms with Crippen molar-refractivity contribution in [3.63, 3.8) is 0 Å². The van der Waals surface area contributed by atoms with Crippen LogP contribution in [0.4, 0.5) is 13.2 Å². The predicted molar refractivity (Wildman–Crippen MR) is 65.9 cm³/mol. The molecule has 1 aromatic heterocycles. The van der Waals surface area contributed by atoms with Crippen LogP contribution in [0.1, 0.15) is 29.8 Å². The molecule has 0 saturated carbocycles. The van der Waals surface area contributed by atoms with Gasteiger partial charge in [-0.1, -0.05) is 17.7 Å². The van der Waals surface area contributed by atoms with Crippen molar-refractivity contribution in [2.75, 3.05) is 0 Å². The van der Waals surface area contributed by atoms with Crippen LogP contribution in [0.15, 0.2) is 30.5 Å². The second-order valence-electron chi connectivity index (χ2n) is 4.48. The van der Waals surface area contributed by atoms with E-state index >= 15 is 0 Å². The summed E-state index contributed by atoms with van der Waals surface area (Å²) in [7, 11) is 0. The Morgan fingerprint density at radius 1 is 1.21 bits per heavy atom. The third-order valence-electron chi connectivity index (χ3n) is 2.84. The highest BCUT2D eigenvalue weighted by Gasteiger charge is 2.39. The number of nitrogens with zero attached hydrogens (tertiary/aromatic N) is 2. The monoisotopic (exact) mass is 269 g/mol. The average molecular weight is 269 g/mol. The molecule has 0 radical (unpaired) electrons. The number of hydrogen-bond acceptors (Lipinski definition) is 2. The molecular weight excluding hydrogens is 255 g/mol. The summed E-state index contributed by atoms with van der Waals surface area (Å²) < 4.78 is 40.3. The second-order valence-corrected chi connectivity index (χ2v) is 4.48. The molecule has 0 fully saturated rings. The van der Waals surface area contributed by atoms with Gasteiger partial charge in [-0.3, -0.25) is 0 Å². The number of rotatable bonds is 2. The van der Waals surface area contributed by atoms with Gasteiger partial charge in [-0.2, -0.15) is 18.3 Å². The molecule has 1 heterocycles. The summed E-state index contributed by atoms with van der Waals surface area (Å²) in [5, 5.41) is 3.82. The van der Waals surface area contributed by atoms with Crippen LogP contribution in [-0.4, -0.2) is 9.78 Å². The Morgan fingerprint density at radius 2 is 1.79 bits per heavy atom. The molecule has 1 atom stereocenters. The Balaban J connectivity index is 2.61. The number of alkyl halides is 3. The van der Waals surface area contributed by atoms with E-state index in [-0.39, 0.29) is 5.56 Å². The van der Waals surface area contributed by atoms with Gasteiger partial charge in [0.05, 0.1) is 11.9 Å². The molecule has 2 rings (SSSR count). The molecule has 2 N–H and O–H groups in total. The van der Waals surface area contributed by atoms with Crippen LogP contribution >= 0.6 is 0 Å². The van der Waals surface area contributed by atoms with Crippen LogP contribution in [0.5, 0.6) is 0 Å². The van der Waals surface area contributed by atoms with Gasteiger partial charge in [-0.15, -0.1) is 0 Å². The number of benzene rings is 1. The first-order valence-corrected chi connectivity index (χ1v) is 5.78. The topological polar surface area (TPSA) is 43.8 Å². The number of aromatic nitrogens is 2. The summed E-state index contributed by atoms with van der Waals surface area (Å²) in [6.45, 7) is 3.37. The molecule has 2 aromatic rings. The number of aryl methyl sites for hydroxylation is 1. The summed E-state index contributed by atoms with van der Waals surface area (Å²) in [6, 6.07) is 5.95. The van der Waals surface area contributed by atoms with Crippen LogP contribution in [0.25, 0.3) is 5.69 Å². The van der Waals surface area contributed by atoms with E-state index in [1.54, 1.807) is 24.3 Å². The number of nitrogens with two attached hydrogens (primary N) is 1. The van der Waals surface area contributed by atoms with E-state index in [0.29, 0.717) is 5.69 Å². The number of hydrogen-bond donors (Lipinski definition) is 1. The Kier molecular flexibility index (Phi) is 3.36. The first kappa shape index (κ1) is 13.6. The molecule has 0 bridgehead atoms. The third kappa shape index (κ3) is 2.63. The van der Waals surface area contributed by atoms with E-state index in [1.807, 2.05) is 6.92 Å². The summed E-state index contributed by atoms with van der Waals surface area (Å²) >= 11 is 0. The van der Waals surface area contributed by atoms with Gasteiger partial charge in [-0.05, 0) is 26.0 Å². The Bertz CT molecular complexity index is 568. The normalized spacial score (nSPS) is 13.6. The van der Waals surface area contributed by atoms with E-state index in [4.69, 9.17) is 5.73 Å². The van der Waals surface area contributed by atoms with Gasteiger partial charge in [0.2, 0.25) is 0 Å². The smallest absolute Gasteiger partial charge is 0.324 e. The molecule has 102 valence electrons. The van der Waals surface area contributed by atoms with Crippen molar-refractivity contribution in [2.24, 2.45) is 5.73 Å². The van der Waals surface area contributed by atoms with Gasteiger partial charge in [0.25, 0.3) is 0 Å². The van der Waals surface area contributed by atoms with Crippen LogP contribution in [0.3, 0.4) is 0 Å². The van der Waals surface area contributed by atoms with Crippen LogP contribution in [0.2, 0.25) is 0 Å². The maximum absolute atomic E-state index is 13.2. The SMILES string of the molecule is Cc1ccc(-n2ncc(C(C)N)c2C(F)(F)F)cc1. The van der Waals surface area contributed by atoms with Gasteiger partial charge < -0.3 is 5.73 Å². The largest absolute Gasteiger partial charge is 0.433 e. The van der Waals surface area contributed by atoms with E-state index in [0.717, 1.165) is 10.2 Å². The minimum Gasteiger partial charge on any atom is -0.324 e. The van der Waals surface area contributed by atoms with Gasteiger partial charge in [-0.25, -0.2) is 4.68 Å². The van der Waals surface area contributed by atoms with Gasteiger partial charge >= 0.3 is 6.18 Å². The minimum atomic E-state index is -4.50. The van der Waals surface area contributed by atoms with Crippen molar-refractivity contribution in [1.82, 2.24) is 9.78 Å². The zero-order valence-corrected chi connectivity index (χ0v) is 10.6. The van der Waals surface area contributed by atoms with E-state index < -0.39 is 17.9 Å². The zero-order chi connectivity index (χ0) is 14.2. The lowest BCUT2D eigenvalue weighted by molar-refractivity contribution is -0.143. The van der Waals surface area contributed by atoms with E-state index in [2.05, 4.69) is 5.10 Å². The minimum absolute atomic E-state index is 0.00641. The first-order chi connectivity index (χ1) is 8.80. The molecular formula is C13H14F3N3. The van der Waals surface area contributed by atoms with E-state index in [1.165, 1.54) is 13.1 Å². The van der Waals surface area contributed by atoms with Crippen molar-refractivity contribution in [3.05, 3.63) is 47.3 Å². The van der Waals surface area contributed by atoms with Crippen molar-refractivity contribution in [3.8, 4) is 5.69 Å². The third-order valence-corrected chi connectivity index (χ3v) is 2.84. The Hall–Kier alpha value is -1.82. The van der Waals surface area contributed by atoms with Crippen molar-refractivity contribution in [2.45, 2.75) is 26.1 Å². The van der Waals surface area contributed by atoms with Gasteiger partial charge in [0.1, 0.15) is 0 Å². The maximum atomic E-state index is 13.2. The summed E-state index contributed by atoms with van der Waals surface area (Å²) in [4.78, 5) is 0. The van der Waals surface area contributed by atoms with E-state index in [9.17, 15) is 13.2 Å². The first-order valence-electron chi connectivity index (χ1n) is 5.78. The standard InChI is InChI=1S/C13H14F3N3/c1-8-3-5-10(6-4-8)19-12(13(14,15)16)11(7-18-19)9(2)17/h3-7,9H,17H2,1-2H3. The summed E-state index contributed by atoms with van der Waals surface area (Å²) in [6.07, 6.45) is -3.32. The zero-order valence-electron chi connectivity index (χ0n) is 10.6. The molecule has 0 aliphatic heterocycles. The van der Waals surface area contributed by atoms with Crippen molar-refractivity contribution in [1.29, 1.82) is 0 Å². The lowest BCUT2D eigenvalue weighted by Crippen LogP contribution is -2.18. The molecule has 3 nitrogen and oxygen atoms in total. The predicted octanol–water partition coefficient (Wildman–Crippen LogP) is 3.22. The molecule has 0 aliphatic rings. The molecule has 0 aliphatic carbocycles. The fourth-order valence-electron chi connectivity index (χ4n) is 1.86.